The number of hydrogen-bond donors (Lipinski definition) is 1. The summed E-state index contributed by atoms with van der Waals surface area (Å²) in [5.74, 6) is -1.05. The van der Waals surface area contributed by atoms with Gasteiger partial charge in [-0.15, -0.1) is 5.10 Å². The molecular weight excluding hydrogens is 266 g/mol. The van der Waals surface area contributed by atoms with Gasteiger partial charge in [0, 0.05) is 7.05 Å². The van der Waals surface area contributed by atoms with E-state index in [9.17, 15) is 9.59 Å². The number of carboxylic acids is 1. The minimum atomic E-state index is -1.17. The van der Waals surface area contributed by atoms with Crippen LogP contribution in [0, 0.1) is 0 Å². The number of aromatic carboxylic acids is 1. The molecule has 9 heteroatoms. The number of furan rings is 1. The zero-order chi connectivity index (χ0) is 14.3. The first-order valence-electron chi connectivity index (χ1n) is 5.64. The molecule has 0 saturated carbocycles. The van der Waals surface area contributed by atoms with Gasteiger partial charge in [0.05, 0.1) is 6.20 Å². The number of nitrogens with zero attached hydrogens (tertiary/aromatic N) is 5. The highest BCUT2D eigenvalue weighted by atomic mass is 16.4. The van der Waals surface area contributed by atoms with Crippen molar-refractivity contribution in [2.45, 2.75) is 6.54 Å². The van der Waals surface area contributed by atoms with Gasteiger partial charge in [0.15, 0.2) is 5.65 Å². The number of fused-ring (bicyclic) bond motifs is 1. The topological polar surface area (TPSA) is 116 Å². The number of hydrogen-bond acceptors (Lipinski definition) is 6. The van der Waals surface area contributed by atoms with Gasteiger partial charge >= 0.3 is 5.97 Å². The second-order valence-corrected chi connectivity index (χ2v) is 4.13. The Bertz CT molecular complexity index is 859. The molecule has 0 aliphatic carbocycles. The lowest BCUT2D eigenvalue weighted by atomic mass is 10.4. The average molecular weight is 275 g/mol. The van der Waals surface area contributed by atoms with E-state index in [0.29, 0.717) is 16.8 Å². The van der Waals surface area contributed by atoms with Crippen LogP contribution in [-0.2, 0) is 13.6 Å². The fraction of sp³-hybridized carbons (Fsp3) is 0.182. The second kappa shape index (κ2) is 4.30. The molecule has 3 heterocycles. The van der Waals surface area contributed by atoms with Crippen molar-refractivity contribution < 1.29 is 14.3 Å². The van der Waals surface area contributed by atoms with E-state index in [1.165, 1.54) is 23.0 Å². The highest BCUT2D eigenvalue weighted by Gasteiger charge is 2.13. The largest absolute Gasteiger partial charge is 0.475 e. The standard InChI is InChI=1S/C11H9N5O4/c1-15-9-7(4-12-15)10(17)16(14-13-9)5-6-2-3-8(20-6)11(18)19/h2-4H,5H2,1H3,(H,18,19). The molecule has 3 rings (SSSR count). The van der Waals surface area contributed by atoms with Crippen LogP contribution in [0.5, 0.6) is 0 Å². The molecule has 0 aliphatic rings. The molecule has 0 saturated heterocycles. The third kappa shape index (κ3) is 1.85. The van der Waals surface area contributed by atoms with Crippen LogP contribution in [0.2, 0.25) is 0 Å². The summed E-state index contributed by atoms with van der Waals surface area (Å²) in [5.41, 5.74) is 0.0216. The molecular formula is C11H9N5O4. The van der Waals surface area contributed by atoms with E-state index in [0.717, 1.165) is 4.68 Å². The molecule has 0 radical (unpaired) electrons. The number of carboxylic acid groups (broad SMARTS) is 1. The molecule has 3 aromatic rings. The van der Waals surface area contributed by atoms with Gasteiger partial charge in [0.1, 0.15) is 17.7 Å². The van der Waals surface area contributed by atoms with Crippen molar-refractivity contribution in [3.05, 3.63) is 40.2 Å². The molecule has 0 atom stereocenters. The van der Waals surface area contributed by atoms with Crippen LogP contribution in [0.15, 0.2) is 27.5 Å². The van der Waals surface area contributed by atoms with Crippen molar-refractivity contribution in [2.24, 2.45) is 7.05 Å². The maximum absolute atomic E-state index is 12.1. The minimum Gasteiger partial charge on any atom is -0.475 e. The molecule has 20 heavy (non-hydrogen) atoms. The monoisotopic (exact) mass is 275 g/mol. The van der Waals surface area contributed by atoms with E-state index in [4.69, 9.17) is 9.52 Å². The molecule has 0 aromatic carbocycles. The fourth-order valence-corrected chi connectivity index (χ4v) is 1.81. The fourth-order valence-electron chi connectivity index (χ4n) is 1.81. The van der Waals surface area contributed by atoms with Crippen molar-refractivity contribution in [1.29, 1.82) is 0 Å². The van der Waals surface area contributed by atoms with Gasteiger partial charge in [-0.1, -0.05) is 5.21 Å². The third-order valence-corrected chi connectivity index (χ3v) is 2.80. The Morgan fingerprint density at radius 1 is 1.45 bits per heavy atom. The van der Waals surface area contributed by atoms with Gasteiger partial charge in [0.25, 0.3) is 5.56 Å². The summed E-state index contributed by atoms with van der Waals surface area (Å²) in [6, 6.07) is 2.80. The Kier molecular flexibility index (Phi) is 2.60. The number of rotatable bonds is 3. The molecule has 102 valence electrons. The lowest BCUT2D eigenvalue weighted by molar-refractivity contribution is 0.0660. The Hall–Kier alpha value is -2.97. The third-order valence-electron chi connectivity index (χ3n) is 2.80. The molecule has 0 spiro atoms. The van der Waals surface area contributed by atoms with Crippen molar-refractivity contribution in [2.75, 3.05) is 0 Å². The van der Waals surface area contributed by atoms with E-state index in [2.05, 4.69) is 15.4 Å². The molecule has 9 nitrogen and oxygen atoms in total. The van der Waals surface area contributed by atoms with Crippen LogP contribution in [0.3, 0.4) is 0 Å². The molecule has 0 fully saturated rings. The summed E-state index contributed by atoms with van der Waals surface area (Å²) >= 11 is 0. The second-order valence-electron chi connectivity index (χ2n) is 4.13. The van der Waals surface area contributed by atoms with Crippen LogP contribution in [0.1, 0.15) is 16.3 Å². The zero-order valence-electron chi connectivity index (χ0n) is 10.3. The Balaban J connectivity index is 2.00. The van der Waals surface area contributed by atoms with E-state index in [1.807, 2.05) is 0 Å². The summed E-state index contributed by atoms with van der Waals surface area (Å²) in [7, 11) is 1.66. The first-order chi connectivity index (χ1) is 9.56. The van der Waals surface area contributed by atoms with Crippen LogP contribution < -0.4 is 5.56 Å². The average Bonchev–Trinajstić information content (AvgIpc) is 3.01. The first-order valence-corrected chi connectivity index (χ1v) is 5.64. The minimum absolute atomic E-state index is 0.00392. The molecule has 0 amide bonds. The summed E-state index contributed by atoms with van der Waals surface area (Å²) in [6.07, 6.45) is 1.41. The van der Waals surface area contributed by atoms with Crippen molar-refractivity contribution in [1.82, 2.24) is 24.8 Å². The maximum Gasteiger partial charge on any atom is 0.371 e. The van der Waals surface area contributed by atoms with Gasteiger partial charge in [-0.2, -0.15) is 5.10 Å². The van der Waals surface area contributed by atoms with Gasteiger partial charge in [-0.3, -0.25) is 4.79 Å². The normalized spacial score (nSPS) is 11.1. The van der Waals surface area contributed by atoms with Crippen LogP contribution >= 0.6 is 0 Å². The van der Waals surface area contributed by atoms with Crippen LogP contribution in [0.25, 0.3) is 11.0 Å². The van der Waals surface area contributed by atoms with Crippen LogP contribution in [0.4, 0.5) is 0 Å². The summed E-state index contributed by atoms with van der Waals surface area (Å²) in [6.45, 7) is 0.00392. The van der Waals surface area contributed by atoms with Gasteiger partial charge in [-0.25, -0.2) is 14.2 Å². The lowest BCUT2D eigenvalue weighted by Gasteiger charge is -2.00. The Morgan fingerprint density at radius 3 is 2.95 bits per heavy atom. The smallest absolute Gasteiger partial charge is 0.371 e. The summed E-state index contributed by atoms with van der Waals surface area (Å²) in [4.78, 5) is 22.8. The predicted octanol–water partition coefficient (Wildman–Crippen LogP) is -0.136. The van der Waals surface area contributed by atoms with Crippen molar-refractivity contribution in [3.63, 3.8) is 0 Å². The predicted molar refractivity (Wildman–Crippen MR) is 65.3 cm³/mol. The van der Waals surface area contributed by atoms with E-state index < -0.39 is 5.97 Å². The number of carbonyl (C=O) groups is 1. The highest BCUT2D eigenvalue weighted by molar-refractivity contribution is 5.84. The first kappa shape index (κ1) is 12.1. The van der Waals surface area contributed by atoms with Gasteiger partial charge in [0.2, 0.25) is 5.76 Å². The van der Waals surface area contributed by atoms with E-state index in [-0.39, 0.29) is 17.9 Å². The number of aryl methyl sites for hydroxylation is 1. The zero-order valence-corrected chi connectivity index (χ0v) is 10.3. The molecule has 3 aromatic heterocycles. The Morgan fingerprint density at radius 2 is 2.25 bits per heavy atom. The summed E-state index contributed by atoms with van der Waals surface area (Å²) in [5, 5.41) is 20.7. The molecule has 0 aliphatic heterocycles. The van der Waals surface area contributed by atoms with Crippen LogP contribution in [-0.4, -0.2) is 35.9 Å². The SMILES string of the molecule is Cn1ncc2c(=O)n(Cc3ccc(C(=O)O)o3)nnc21. The Labute approximate surface area is 111 Å². The number of aromatic nitrogens is 5. The lowest BCUT2D eigenvalue weighted by Crippen LogP contribution is -2.24. The van der Waals surface area contributed by atoms with E-state index >= 15 is 0 Å². The quantitative estimate of drug-likeness (QED) is 0.707. The molecule has 0 bridgehead atoms. The molecule has 0 unspecified atom stereocenters. The van der Waals surface area contributed by atoms with E-state index in [1.54, 1.807) is 7.05 Å². The van der Waals surface area contributed by atoms with Crippen molar-refractivity contribution in [3.8, 4) is 0 Å². The van der Waals surface area contributed by atoms with Gasteiger partial charge < -0.3 is 9.52 Å². The van der Waals surface area contributed by atoms with Gasteiger partial charge in [-0.05, 0) is 12.1 Å². The highest BCUT2D eigenvalue weighted by Crippen LogP contribution is 2.09. The maximum atomic E-state index is 12.1. The molecule has 1 N–H and O–H groups in total. The van der Waals surface area contributed by atoms with Crippen molar-refractivity contribution >= 4 is 17.0 Å². The summed E-state index contributed by atoms with van der Waals surface area (Å²) < 4.78 is 7.61.